The summed E-state index contributed by atoms with van der Waals surface area (Å²) in [5, 5.41) is 15.8. The molecule has 2 aliphatic rings. The summed E-state index contributed by atoms with van der Waals surface area (Å²) in [5.41, 5.74) is -0.872. The zero-order valence-electron chi connectivity index (χ0n) is 23.2. The monoisotopic (exact) mass is 626 g/mol. The van der Waals surface area contributed by atoms with Gasteiger partial charge in [0, 0.05) is 29.7 Å². The Hall–Kier alpha value is -2.49. The smallest absolute Gasteiger partial charge is 0.333 e. The van der Waals surface area contributed by atoms with E-state index in [1.165, 1.54) is 43.6 Å². The number of aromatic nitrogens is 1. The molecule has 224 valence electrons. The third-order valence-electron chi connectivity index (χ3n) is 6.68. The van der Waals surface area contributed by atoms with E-state index in [1.54, 1.807) is 31.4 Å². The van der Waals surface area contributed by atoms with Crippen LogP contribution in [0.15, 0.2) is 35.3 Å². The summed E-state index contributed by atoms with van der Waals surface area (Å²) < 4.78 is 27.1. The van der Waals surface area contributed by atoms with Gasteiger partial charge >= 0.3 is 5.97 Å². The van der Waals surface area contributed by atoms with Gasteiger partial charge in [0.2, 0.25) is 11.0 Å². The number of thiazole rings is 1. The van der Waals surface area contributed by atoms with E-state index in [-0.39, 0.29) is 39.1 Å². The van der Waals surface area contributed by atoms with Crippen LogP contribution in [0.25, 0.3) is 6.08 Å². The summed E-state index contributed by atoms with van der Waals surface area (Å²) in [6, 6.07) is -0.471. The zero-order chi connectivity index (χ0) is 30.2. The first kappa shape index (κ1) is 33.0. The van der Waals surface area contributed by atoms with Gasteiger partial charge in [-0.15, -0.1) is 11.3 Å². The molecular weight excluding hydrogens is 593 g/mol. The number of carbonyl (C=O) groups excluding carboxylic acids is 4. The largest absolute Gasteiger partial charge is 0.448 e. The van der Waals surface area contributed by atoms with Crippen LogP contribution in [0.1, 0.15) is 56.8 Å². The number of ether oxygens (including phenoxy) is 3. The van der Waals surface area contributed by atoms with E-state index in [1.807, 2.05) is 0 Å². The molecule has 3 rings (SSSR count). The Balaban J connectivity index is 1.95. The van der Waals surface area contributed by atoms with Crippen LogP contribution in [0.5, 0.6) is 0 Å². The van der Waals surface area contributed by atoms with E-state index in [9.17, 15) is 28.5 Å². The SMILES string of the molecule is COCCOCC(=O)O[C@@H]1/C=C(\C)CC[C@]2(CC(=O)N[C@@H](C)c3nc(cs3)/C=C\C=C\C1=O)S(=O)SC(=O)[C@]2(C)O. The Morgan fingerprint density at radius 3 is 2.66 bits per heavy atom. The van der Waals surface area contributed by atoms with Crippen molar-refractivity contribution in [3.05, 3.63) is 46.0 Å². The van der Waals surface area contributed by atoms with Crippen molar-refractivity contribution in [2.75, 3.05) is 26.9 Å². The van der Waals surface area contributed by atoms with Gasteiger partial charge in [-0.05, 0) is 51.8 Å². The highest BCUT2D eigenvalue weighted by Gasteiger charge is 2.63. The molecule has 11 nitrogen and oxygen atoms in total. The fraction of sp³-hybridized carbons (Fsp3) is 0.519. The minimum atomic E-state index is -2.05. The second-order valence-electron chi connectivity index (χ2n) is 9.84. The first-order valence-electron chi connectivity index (χ1n) is 12.8. The van der Waals surface area contributed by atoms with Gasteiger partial charge in [0.1, 0.15) is 22.0 Å². The summed E-state index contributed by atoms with van der Waals surface area (Å²) in [5.74, 6) is -1.76. The van der Waals surface area contributed by atoms with E-state index >= 15 is 0 Å². The maximum Gasteiger partial charge on any atom is 0.333 e. The fourth-order valence-electron chi connectivity index (χ4n) is 4.20. The molecule has 3 heterocycles. The Kier molecular flexibility index (Phi) is 11.8. The van der Waals surface area contributed by atoms with Crippen molar-refractivity contribution >= 4 is 60.8 Å². The van der Waals surface area contributed by atoms with Gasteiger partial charge in [-0.2, -0.15) is 0 Å². The number of esters is 1. The van der Waals surface area contributed by atoms with Gasteiger partial charge in [0.25, 0.3) is 0 Å². The lowest BCUT2D eigenvalue weighted by Gasteiger charge is -2.36. The van der Waals surface area contributed by atoms with E-state index in [4.69, 9.17) is 14.2 Å². The number of carbonyl (C=O) groups is 4. The van der Waals surface area contributed by atoms with E-state index in [2.05, 4.69) is 10.3 Å². The molecule has 0 aromatic carbocycles. The first-order valence-corrected chi connectivity index (χ1v) is 16.2. The van der Waals surface area contributed by atoms with Gasteiger partial charge in [0.15, 0.2) is 11.9 Å². The van der Waals surface area contributed by atoms with Gasteiger partial charge in [-0.25, -0.2) is 14.0 Å². The van der Waals surface area contributed by atoms with Crippen LogP contribution in [-0.2, 0) is 43.2 Å². The number of ketones is 1. The average Bonchev–Trinajstić information content (AvgIpc) is 3.44. The van der Waals surface area contributed by atoms with Crippen LogP contribution < -0.4 is 5.32 Å². The van der Waals surface area contributed by atoms with Gasteiger partial charge in [-0.1, -0.05) is 17.7 Å². The molecule has 0 aliphatic carbocycles. The number of nitrogens with zero attached hydrogens (tertiary/aromatic N) is 1. The Morgan fingerprint density at radius 2 is 1.98 bits per heavy atom. The molecule has 1 amide bonds. The second kappa shape index (κ2) is 14.6. The van der Waals surface area contributed by atoms with Crippen molar-refractivity contribution in [1.29, 1.82) is 0 Å². The quantitative estimate of drug-likeness (QED) is 0.207. The molecule has 0 radical (unpaired) electrons. The molecule has 1 saturated heterocycles. The molecule has 2 aliphatic heterocycles. The molecule has 5 atom stereocenters. The molecule has 1 spiro atoms. The maximum absolute atomic E-state index is 13.3. The number of hydrogen-bond acceptors (Lipinski definition) is 12. The topological polar surface area (TPSA) is 158 Å². The molecule has 1 aromatic heterocycles. The predicted octanol–water partition coefficient (Wildman–Crippen LogP) is 2.59. The average molecular weight is 627 g/mol. The van der Waals surface area contributed by atoms with Gasteiger partial charge in [0.05, 0.1) is 34.8 Å². The standard InChI is InChI=1S/C27H34N2O9S3/c1-17-9-10-27(26(3,34)25(33)40-41(27)35)14-22(31)28-18(2)24-29-19(16-39-24)7-5-6-8-20(30)21(13-17)38-23(32)15-37-12-11-36-4/h5-8,13,16,18,21,34H,9-12,14-15H2,1-4H3,(H,28,31)/b7-5-,8-6+,17-13+/t18-,21+,26-,27+,41?/m0/s1. The first-order chi connectivity index (χ1) is 19.4. The summed E-state index contributed by atoms with van der Waals surface area (Å²) in [7, 11) is 0.0813. The number of hydrogen-bond donors (Lipinski definition) is 2. The Bertz CT molecular complexity index is 1270. The minimum absolute atomic E-state index is 0.00948. The number of rotatable bonds is 6. The molecular formula is C27H34N2O9S3. The molecule has 2 bridgehead atoms. The van der Waals surface area contributed by atoms with E-state index in [0.717, 1.165) is 0 Å². The minimum Gasteiger partial charge on any atom is -0.448 e. The second-order valence-corrected chi connectivity index (χ2v) is 13.9. The lowest BCUT2D eigenvalue weighted by molar-refractivity contribution is -0.156. The summed E-state index contributed by atoms with van der Waals surface area (Å²) in [6.45, 7) is 4.79. The van der Waals surface area contributed by atoms with Crippen molar-refractivity contribution in [3.63, 3.8) is 0 Å². The highest BCUT2D eigenvalue weighted by atomic mass is 33.1. The third-order valence-corrected chi connectivity index (χ3v) is 11.7. The Morgan fingerprint density at radius 1 is 1.24 bits per heavy atom. The normalized spacial score (nSPS) is 32.5. The van der Waals surface area contributed by atoms with Gasteiger partial charge in [-0.3, -0.25) is 14.4 Å². The van der Waals surface area contributed by atoms with Crippen LogP contribution in [-0.4, -0.2) is 80.5 Å². The van der Waals surface area contributed by atoms with Crippen LogP contribution >= 0.6 is 22.1 Å². The maximum atomic E-state index is 13.3. The lowest BCUT2D eigenvalue weighted by Crippen LogP contribution is -2.55. The number of aliphatic hydroxyl groups is 1. The number of allylic oxidation sites excluding steroid dienone is 3. The zero-order valence-corrected chi connectivity index (χ0v) is 25.7. The molecule has 1 unspecified atom stereocenters. The van der Waals surface area contributed by atoms with Crippen molar-refractivity contribution in [3.8, 4) is 0 Å². The van der Waals surface area contributed by atoms with Crippen LogP contribution in [0.4, 0.5) is 0 Å². The number of fused-ring (bicyclic) bond motifs is 2. The number of methoxy groups -OCH3 is 1. The predicted molar refractivity (Wildman–Crippen MR) is 156 cm³/mol. The molecule has 14 heteroatoms. The highest BCUT2D eigenvalue weighted by molar-refractivity contribution is 8.76. The van der Waals surface area contributed by atoms with Crippen molar-refractivity contribution in [2.24, 2.45) is 0 Å². The molecule has 0 saturated carbocycles. The number of amides is 1. The van der Waals surface area contributed by atoms with Crippen molar-refractivity contribution in [1.82, 2.24) is 10.3 Å². The summed E-state index contributed by atoms with van der Waals surface area (Å²) in [6.07, 6.45) is 6.04. The highest BCUT2D eigenvalue weighted by Crippen LogP contribution is 2.50. The molecule has 41 heavy (non-hydrogen) atoms. The van der Waals surface area contributed by atoms with Crippen LogP contribution in [0, 0.1) is 0 Å². The fourth-order valence-corrected chi connectivity index (χ4v) is 8.94. The summed E-state index contributed by atoms with van der Waals surface area (Å²) in [4.78, 5) is 55.7. The van der Waals surface area contributed by atoms with E-state index < -0.39 is 55.1 Å². The molecule has 2 N–H and O–H groups in total. The van der Waals surface area contributed by atoms with Crippen LogP contribution in [0.3, 0.4) is 0 Å². The number of nitrogens with one attached hydrogen (secondary N) is 1. The van der Waals surface area contributed by atoms with Crippen molar-refractivity contribution in [2.45, 2.75) is 62.5 Å². The third kappa shape index (κ3) is 8.30. The lowest BCUT2D eigenvalue weighted by atomic mass is 9.81. The van der Waals surface area contributed by atoms with E-state index in [0.29, 0.717) is 27.1 Å². The molecule has 1 fully saturated rings. The summed E-state index contributed by atoms with van der Waals surface area (Å²) >= 11 is 1.33. The molecule has 1 aromatic rings. The Labute approximate surface area is 248 Å². The van der Waals surface area contributed by atoms with Crippen molar-refractivity contribution < 1.29 is 42.7 Å². The van der Waals surface area contributed by atoms with Gasteiger partial charge < -0.3 is 24.6 Å². The van der Waals surface area contributed by atoms with Crippen LogP contribution in [0.2, 0.25) is 0 Å².